The van der Waals surface area contributed by atoms with Gasteiger partial charge in [0.15, 0.2) is 0 Å². The van der Waals surface area contributed by atoms with Crippen LogP contribution < -0.4 is 14.8 Å². The molecule has 2 aromatic rings. The molecule has 0 spiro atoms. The fourth-order valence-corrected chi connectivity index (χ4v) is 1.50. The average molecular weight is 245 g/mol. The lowest BCUT2D eigenvalue weighted by molar-refractivity contribution is 0.397. The maximum atomic E-state index is 5.16. The van der Waals surface area contributed by atoms with Crippen molar-refractivity contribution in [2.24, 2.45) is 0 Å². The van der Waals surface area contributed by atoms with E-state index in [-0.39, 0.29) is 0 Å². The molecule has 0 unspecified atom stereocenters. The zero-order chi connectivity index (χ0) is 12.8. The third kappa shape index (κ3) is 3.10. The van der Waals surface area contributed by atoms with Crippen LogP contribution in [0.15, 0.2) is 36.5 Å². The van der Waals surface area contributed by atoms with Crippen molar-refractivity contribution in [1.29, 1.82) is 0 Å². The predicted molar refractivity (Wildman–Crippen MR) is 68.9 cm³/mol. The summed E-state index contributed by atoms with van der Waals surface area (Å²) >= 11 is 0. The van der Waals surface area contributed by atoms with Crippen LogP contribution in [0.3, 0.4) is 0 Å². The lowest BCUT2D eigenvalue weighted by atomic mass is 10.2. The number of benzene rings is 1. The summed E-state index contributed by atoms with van der Waals surface area (Å²) in [5.41, 5.74) is 1.10. The molecule has 1 heterocycles. The Balaban J connectivity index is 2.01. The van der Waals surface area contributed by atoms with Gasteiger partial charge in [0.05, 0.1) is 14.2 Å². The van der Waals surface area contributed by atoms with Crippen LogP contribution in [0.25, 0.3) is 0 Å². The monoisotopic (exact) mass is 245 g/mol. The van der Waals surface area contributed by atoms with Gasteiger partial charge in [0, 0.05) is 18.8 Å². The van der Waals surface area contributed by atoms with E-state index in [1.54, 1.807) is 26.5 Å². The van der Waals surface area contributed by atoms with Crippen molar-refractivity contribution in [2.75, 3.05) is 19.5 Å². The summed E-state index contributed by atoms with van der Waals surface area (Å²) in [5.74, 6) is 1.91. The minimum Gasteiger partial charge on any atom is -0.497 e. The second kappa shape index (κ2) is 5.86. The van der Waals surface area contributed by atoms with Crippen LogP contribution in [0.1, 0.15) is 5.56 Å². The van der Waals surface area contributed by atoms with Gasteiger partial charge in [-0.3, -0.25) is 0 Å². The average Bonchev–Trinajstić information content (AvgIpc) is 2.45. The molecule has 0 bridgehead atoms. The maximum Gasteiger partial charge on any atom is 0.226 e. The van der Waals surface area contributed by atoms with Gasteiger partial charge in [-0.2, -0.15) is 4.98 Å². The number of hydrogen-bond donors (Lipinski definition) is 1. The molecule has 0 atom stereocenters. The van der Waals surface area contributed by atoms with Crippen molar-refractivity contribution < 1.29 is 9.47 Å². The lowest BCUT2D eigenvalue weighted by Gasteiger charge is -2.07. The summed E-state index contributed by atoms with van der Waals surface area (Å²) in [6.07, 6.45) is 1.65. The van der Waals surface area contributed by atoms with Crippen LogP contribution in [-0.2, 0) is 6.54 Å². The number of hydrogen-bond acceptors (Lipinski definition) is 5. The Morgan fingerprint density at radius 2 is 2.06 bits per heavy atom. The van der Waals surface area contributed by atoms with E-state index in [1.807, 2.05) is 24.3 Å². The number of ether oxygens (including phenoxy) is 2. The number of nitrogens with zero attached hydrogens (tertiary/aromatic N) is 2. The van der Waals surface area contributed by atoms with Crippen LogP contribution in [0, 0.1) is 0 Å². The van der Waals surface area contributed by atoms with Crippen molar-refractivity contribution in [3.8, 4) is 11.6 Å². The highest BCUT2D eigenvalue weighted by Crippen LogP contribution is 2.14. The molecule has 0 fully saturated rings. The minimum absolute atomic E-state index is 0.539. The van der Waals surface area contributed by atoms with Gasteiger partial charge in [-0.15, -0.1) is 0 Å². The zero-order valence-electron chi connectivity index (χ0n) is 10.4. The summed E-state index contributed by atoms with van der Waals surface area (Å²) in [4.78, 5) is 8.28. The Labute approximate surface area is 106 Å². The fourth-order valence-electron chi connectivity index (χ4n) is 1.50. The lowest BCUT2D eigenvalue weighted by Crippen LogP contribution is -2.04. The van der Waals surface area contributed by atoms with E-state index in [0.29, 0.717) is 18.4 Å². The van der Waals surface area contributed by atoms with E-state index in [9.17, 15) is 0 Å². The Morgan fingerprint density at radius 1 is 1.17 bits per heavy atom. The standard InChI is InChI=1S/C13H15N3O2/c1-17-11-5-3-4-10(8-11)9-15-13-14-7-6-12(16-13)18-2/h3-8H,9H2,1-2H3,(H,14,15,16). The summed E-state index contributed by atoms with van der Waals surface area (Å²) in [7, 11) is 3.23. The smallest absolute Gasteiger partial charge is 0.226 e. The van der Waals surface area contributed by atoms with Crippen molar-refractivity contribution >= 4 is 5.95 Å². The SMILES string of the molecule is COc1cccc(CNc2nccc(OC)n2)c1. The fraction of sp³-hybridized carbons (Fsp3) is 0.231. The maximum absolute atomic E-state index is 5.16. The molecule has 0 aliphatic heterocycles. The first-order chi connectivity index (χ1) is 8.81. The summed E-state index contributed by atoms with van der Waals surface area (Å²) in [5, 5.41) is 3.13. The van der Waals surface area contributed by atoms with E-state index in [2.05, 4.69) is 15.3 Å². The summed E-state index contributed by atoms with van der Waals surface area (Å²) < 4.78 is 10.2. The zero-order valence-corrected chi connectivity index (χ0v) is 10.4. The molecule has 0 saturated heterocycles. The Morgan fingerprint density at radius 3 is 2.83 bits per heavy atom. The predicted octanol–water partition coefficient (Wildman–Crippen LogP) is 2.11. The molecule has 94 valence electrons. The van der Waals surface area contributed by atoms with Crippen LogP contribution >= 0.6 is 0 Å². The normalized spacial score (nSPS) is 9.89. The van der Waals surface area contributed by atoms with Gasteiger partial charge in [-0.1, -0.05) is 12.1 Å². The van der Waals surface area contributed by atoms with Gasteiger partial charge >= 0.3 is 0 Å². The van der Waals surface area contributed by atoms with Crippen molar-refractivity contribution in [1.82, 2.24) is 9.97 Å². The van der Waals surface area contributed by atoms with Gasteiger partial charge in [0.25, 0.3) is 0 Å². The van der Waals surface area contributed by atoms with Crippen molar-refractivity contribution in [3.05, 3.63) is 42.1 Å². The number of methoxy groups -OCH3 is 2. The number of aromatic nitrogens is 2. The topological polar surface area (TPSA) is 56.3 Å². The molecule has 0 radical (unpaired) electrons. The first kappa shape index (κ1) is 12.2. The molecular weight excluding hydrogens is 230 g/mol. The van der Waals surface area contributed by atoms with E-state index in [1.165, 1.54) is 0 Å². The number of nitrogens with one attached hydrogen (secondary N) is 1. The molecule has 5 nitrogen and oxygen atoms in total. The quantitative estimate of drug-likeness (QED) is 0.874. The number of rotatable bonds is 5. The summed E-state index contributed by atoms with van der Waals surface area (Å²) in [6.45, 7) is 0.629. The van der Waals surface area contributed by atoms with Crippen molar-refractivity contribution in [2.45, 2.75) is 6.54 Å². The molecular formula is C13H15N3O2. The van der Waals surface area contributed by atoms with Crippen LogP contribution in [0.4, 0.5) is 5.95 Å². The van der Waals surface area contributed by atoms with E-state index < -0.39 is 0 Å². The third-order valence-corrected chi connectivity index (χ3v) is 2.42. The molecule has 0 amide bonds. The largest absolute Gasteiger partial charge is 0.497 e. The third-order valence-electron chi connectivity index (χ3n) is 2.42. The molecule has 1 N–H and O–H groups in total. The second-order valence-corrected chi connectivity index (χ2v) is 3.63. The summed E-state index contributed by atoms with van der Waals surface area (Å²) in [6, 6.07) is 9.54. The highest BCUT2D eigenvalue weighted by Gasteiger charge is 2.00. The van der Waals surface area contributed by atoms with E-state index in [4.69, 9.17) is 9.47 Å². The van der Waals surface area contributed by atoms with Crippen molar-refractivity contribution in [3.63, 3.8) is 0 Å². The molecule has 5 heteroatoms. The highest BCUT2D eigenvalue weighted by atomic mass is 16.5. The molecule has 18 heavy (non-hydrogen) atoms. The van der Waals surface area contributed by atoms with Gasteiger partial charge in [-0.05, 0) is 17.7 Å². The highest BCUT2D eigenvalue weighted by molar-refractivity contribution is 5.33. The van der Waals surface area contributed by atoms with E-state index in [0.717, 1.165) is 11.3 Å². The van der Waals surface area contributed by atoms with Crippen LogP contribution in [-0.4, -0.2) is 24.2 Å². The van der Waals surface area contributed by atoms with Gasteiger partial charge in [-0.25, -0.2) is 4.98 Å². The van der Waals surface area contributed by atoms with Gasteiger partial charge in [0.1, 0.15) is 5.75 Å². The Hall–Kier alpha value is -2.30. The van der Waals surface area contributed by atoms with Crippen LogP contribution in [0.2, 0.25) is 0 Å². The molecule has 0 aliphatic rings. The molecule has 2 rings (SSSR count). The second-order valence-electron chi connectivity index (χ2n) is 3.63. The molecule has 1 aromatic carbocycles. The van der Waals surface area contributed by atoms with Gasteiger partial charge in [0.2, 0.25) is 11.8 Å². The molecule has 0 saturated carbocycles. The molecule has 1 aromatic heterocycles. The minimum atomic E-state index is 0.539. The molecule has 0 aliphatic carbocycles. The van der Waals surface area contributed by atoms with Gasteiger partial charge < -0.3 is 14.8 Å². The Bertz CT molecular complexity index is 470. The van der Waals surface area contributed by atoms with E-state index >= 15 is 0 Å². The van der Waals surface area contributed by atoms with Crippen LogP contribution in [0.5, 0.6) is 11.6 Å². The first-order valence-corrected chi connectivity index (χ1v) is 5.55. The number of anilines is 1. The first-order valence-electron chi connectivity index (χ1n) is 5.55. The Kier molecular flexibility index (Phi) is 3.96.